The summed E-state index contributed by atoms with van der Waals surface area (Å²) in [7, 11) is 0. The van der Waals surface area contributed by atoms with E-state index in [4.69, 9.17) is 0 Å². The highest BCUT2D eigenvalue weighted by molar-refractivity contribution is 7.20. The minimum absolute atomic E-state index is 0.595. The summed E-state index contributed by atoms with van der Waals surface area (Å²) in [4.78, 5) is 0. The lowest BCUT2D eigenvalue weighted by atomic mass is 9.12. The Morgan fingerprint density at radius 2 is 0.485 bits per heavy atom. The molecule has 1 nitrogen and oxygen atoms in total. The fourth-order valence-electron chi connectivity index (χ4n) is 7.82. The normalized spacial score (nSPS) is 11.8. The second-order valence-corrected chi connectivity index (χ2v) is 15.2. The smallest absolute Gasteiger partial charge is 0.200 e. The van der Waals surface area contributed by atoms with Crippen LogP contribution in [-0.2, 0) is 13.1 Å². The molecule has 0 aliphatic carbocycles. The summed E-state index contributed by atoms with van der Waals surface area (Å²) in [5, 5.41) is 2.42. The third-order valence-corrected chi connectivity index (χ3v) is 10.8. The molecule has 66 heavy (non-hydrogen) atoms. The summed E-state index contributed by atoms with van der Waals surface area (Å²) in [6.45, 7) is 11.2. The lowest BCUT2D eigenvalue weighted by Gasteiger charge is -2.44. The van der Waals surface area contributed by atoms with Crippen molar-refractivity contribution >= 4 is 28.0 Å². The molecule has 6 rings (SSSR count). The lowest BCUT2D eigenvalue weighted by molar-refractivity contribution is -0.686. The number of nitrogens with two attached hydrogens (primary N) is 1. The molecule has 0 fully saturated rings. The lowest BCUT2D eigenvalue weighted by Crippen LogP contribution is -2.81. The van der Waals surface area contributed by atoms with E-state index in [0.717, 1.165) is 13.1 Å². The molecule has 0 bridgehead atoms. The van der Waals surface area contributed by atoms with Crippen molar-refractivity contribution in [2.75, 3.05) is 0 Å². The SMILES string of the molecule is CC(C)c1ccccc1C[NH2+]Cc1ccccc1C(C)C.Fc1c(F)c(F)c([B-](c2c(F)c(F)c(F)c(F)c2F)(c2c(F)c(F)c(F)c(F)c2F)c2c(F)c(F)c(F)c(F)c2F)c(F)c1F. The van der Waals surface area contributed by atoms with Crippen LogP contribution in [-0.4, -0.2) is 6.15 Å². The van der Waals surface area contributed by atoms with E-state index in [9.17, 15) is 52.7 Å². The minimum atomic E-state index is -7.22. The van der Waals surface area contributed by atoms with Crippen LogP contribution in [0.4, 0.5) is 87.8 Å². The Morgan fingerprint density at radius 3 is 0.682 bits per heavy atom. The van der Waals surface area contributed by atoms with Crippen molar-refractivity contribution in [1.82, 2.24) is 0 Å². The van der Waals surface area contributed by atoms with Crippen molar-refractivity contribution in [3.05, 3.63) is 187 Å². The van der Waals surface area contributed by atoms with Gasteiger partial charge in [0.15, 0.2) is 69.8 Å². The molecule has 6 aromatic carbocycles. The summed E-state index contributed by atoms with van der Waals surface area (Å²) in [6.07, 6.45) is -7.22. The molecular formula is C44H28BF20N. The molecule has 0 amide bonds. The quantitative estimate of drug-likeness (QED) is 0.0610. The largest absolute Gasteiger partial charge is 0.339 e. The molecule has 22 heteroatoms. The van der Waals surface area contributed by atoms with Gasteiger partial charge < -0.3 is 5.32 Å². The predicted molar refractivity (Wildman–Crippen MR) is 200 cm³/mol. The Bertz CT molecular complexity index is 2430. The number of halogens is 20. The molecule has 2 N–H and O–H groups in total. The van der Waals surface area contributed by atoms with Gasteiger partial charge in [-0.1, -0.05) is 76.2 Å². The summed E-state index contributed by atoms with van der Waals surface area (Å²) in [5.74, 6) is -70.2. The molecule has 6 aromatic rings. The fraction of sp³-hybridized carbons (Fsp3) is 0.182. The first-order valence-electron chi connectivity index (χ1n) is 19.0. The van der Waals surface area contributed by atoms with Crippen LogP contribution in [0.5, 0.6) is 0 Å². The summed E-state index contributed by atoms with van der Waals surface area (Å²) in [6, 6.07) is 17.6. The number of benzene rings is 6. The second-order valence-electron chi connectivity index (χ2n) is 15.2. The van der Waals surface area contributed by atoms with Crippen molar-refractivity contribution in [3.63, 3.8) is 0 Å². The zero-order valence-corrected chi connectivity index (χ0v) is 33.9. The first kappa shape index (κ1) is 50.9. The van der Waals surface area contributed by atoms with E-state index < -0.39 is 144 Å². The van der Waals surface area contributed by atoms with Crippen LogP contribution in [0.1, 0.15) is 61.8 Å². The zero-order valence-electron chi connectivity index (χ0n) is 33.9. The van der Waals surface area contributed by atoms with Gasteiger partial charge in [0.2, 0.25) is 0 Å². The standard InChI is InChI=1S/C24BF20.C20H27N/c26-5-1(6(27)14(35)21(42)13(5)34)25(2-7(28)15(36)22(43)16(37)8(2)29,3-9(30)17(38)23(44)18(39)10(3)31)4-11(32)19(40)24(45)20(41)12(4)33;1-15(2)19-11-7-5-9-17(19)13-21-14-18-10-6-8-12-20(18)16(3)4/h;5-12,15-16,21H,13-14H2,1-4H3/q-1;/p+1. The molecule has 0 aromatic heterocycles. The van der Waals surface area contributed by atoms with Gasteiger partial charge in [-0.05, 0) is 23.0 Å². The maximum atomic E-state index is 15.4. The fourth-order valence-corrected chi connectivity index (χ4v) is 7.82. The molecule has 352 valence electrons. The van der Waals surface area contributed by atoms with Gasteiger partial charge in [0.05, 0.1) is 0 Å². The monoisotopic (exact) mass is 961 g/mol. The summed E-state index contributed by atoms with van der Waals surface area (Å²) >= 11 is 0. The maximum absolute atomic E-state index is 15.4. The zero-order chi connectivity index (χ0) is 49.6. The van der Waals surface area contributed by atoms with Crippen LogP contribution in [0.3, 0.4) is 0 Å². The van der Waals surface area contributed by atoms with E-state index in [1.807, 2.05) is 0 Å². The minimum Gasteiger partial charge on any atom is -0.339 e. The molecule has 0 radical (unpaired) electrons. The molecule has 0 spiro atoms. The summed E-state index contributed by atoms with van der Waals surface area (Å²) in [5.41, 5.74) is -8.44. The van der Waals surface area contributed by atoms with Crippen LogP contribution in [0.15, 0.2) is 48.5 Å². The van der Waals surface area contributed by atoms with Gasteiger partial charge in [0.25, 0.3) is 0 Å². The average molecular weight is 961 g/mol. The average Bonchev–Trinajstić information content (AvgIpc) is 3.29. The van der Waals surface area contributed by atoms with Crippen molar-refractivity contribution in [1.29, 1.82) is 0 Å². The number of quaternary nitrogens is 1. The van der Waals surface area contributed by atoms with Crippen LogP contribution in [0.2, 0.25) is 0 Å². The second kappa shape index (κ2) is 19.4. The Morgan fingerprint density at radius 1 is 0.303 bits per heavy atom. The van der Waals surface area contributed by atoms with Crippen molar-refractivity contribution in [2.24, 2.45) is 0 Å². The van der Waals surface area contributed by atoms with Gasteiger partial charge in [-0.2, -0.15) is 0 Å². The van der Waals surface area contributed by atoms with Gasteiger partial charge in [0, 0.05) is 11.1 Å². The van der Waals surface area contributed by atoms with Gasteiger partial charge in [-0.25, -0.2) is 87.8 Å². The van der Waals surface area contributed by atoms with Gasteiger partial charge in [0.1, 0.15) is 65.8 Å². The highest BCUT2D eigenvalue weighted by Crippen LogP contribution is 2.31. The molecule has 0 aliphatic rings. The first-order chi connectivity index (χ1) is 30.8. The van der Waals surface area contributed by atoms with E-state index in [1.165, 1.54) is 22.3 Å². The van der Waals surface area contributed by atoms with Gasteiger partial charge >= 0.3 is 0 Å². The molecule has 0 heterocycles. The van der Waals surface area contributed by atoms with Crippen molar-refractivity contribution < 1.29 is 93.1 Å². The maximum Gasteiger partial charge on any atom is 0.200 e. The van der Waals surface area contributed by atoms with E-state index >= 15 is 35.1 Å². The number of hydrogen-bond donors (Lipinski definition) is 1. The molecule has 0 saturated heterocycles. The van der Waals surface area contributed by atoms with E-state index in [0.29, 0.717) is 11.8 Å². The summed E-state index contributed by atoms with van der Waals surface area (Å²) < 4.78 is 294. The molecule has 0 unspecified atom stereocenters. The highest BCUT2D eigenvalue weighted by Gasteiger charge is 2.52. The number of hydrogen-bond acceptors (Lipinski definition) is 0. The molecular weight excluding hydrogens is 933 g/mol. The topological polar surface area (TPSA) is 16.6 Å². The van der Waals surface area contributed by atoms with Crippen LogP contribution in [0, 0.1) is 116 Å². The van der Waals surface area contributed by atoms with E-state index in [2.05, 4.69) is 81.5 Å². The van der Waals surface area contributed by atoms with Gasteiger partial charge in [-0.15, -0.1) is 21.9 Å². The third kappa shape index (κ3) is 8.36. The van der Waals surface area contributed by atoms with Crippen LogP contribution in [0.25, 0.3) is 0 Å². The Kier molecular flexibility index (Phi) is 15.0. The Hall–Kier alpha value is -6.06. The molecule has 0 atom stereocenters. The van der Waals surface area contributed by atoms with Crippen molar-refractivity contribution in [3.8, 4) is 0 Å². The van der Waals surface area contributed by atoms with E-state index in [-0.39, 0.29) is 0 Å². The Balaban J connectivity index is 0.000000324. The van der Waals surface area contributed by atoms with Crippen LogP contribution < -0.4 is 27.2 Å². The Labute approximate surface area is 360 Å². The molecule has 0 saturated carbocycles. The first-order valence-corrected chi connectivity index (χ1v) is 19.0. The van der Waals surface area contributed by atoms with Gasteiger partial charge in [-0.3, -0.25) is 0 Å². The van der Waals surface area contributed by atoms with Crippen LogP contribution >= 0.6 is 0 Å². The predicted octanol–water partition coefficient (Wildman–Crippen LogP) is 10.0. The van der Waals surface area contributed by atoms with Crippen molar-refractivity contribution in [2.45, 2.75) is 52.6 Å². The third-order valence-electron chi connectivity index (χ3n) is 10.8. The molecule has 0 aliphatic heterocycles. The highest BCUT2D eigenvalue weighted by atomic mass is 19.2. The van der Waals surface area contributed by atoms with E-state index in [1.54, 1.807) is 0 Å². The number of rotatable bonds is 10.